The molecule has 0 spiro atoms. The molecule has 0 aliphatic rings. The lowest BCUT2D eigenvalue weighted by molar-refractivity contribution is 0.285. The molecular formula is C20H27NO2. The molecule has 0 fully saturated rings. The second-order valence-corrected chi connectivity index (χ2v) is 5.82. The van der Waals surface area contributed by atoms with Crippen LogP contribution in [-0.2, 0) is 6.54 Å². The summed E-state index contributed by atoms with van der Waals surface area (Å²) in [6.07, 6.45) is 2.16. The monoisotopic (exact) mass is 313 g/mol. The van der Waals surface area contributed by atoms with E-state index < -0.39 is 0 Å². The van der Waals surface area contributed by atoms with E-state index in [-0.39, 0.29) is 0 Å². The summed E-state index contributed by atoms with van der Waals surface area (Å²) in [5.74, 6) is 1.64. The summed E-state index contributed by atoms with van der Waals surface area (Å²) in [6, 6.07) is 12.5. The van der Waals surface area contributed by atoms with Crippen molar-refractivity contribution in [1.29, 1.82) is 0 Å². The maximum Gasteiger partial charge on any atom is 0.166 e. The molecule has 0 aliphatic heterocycles. The molecule has 0 heterocycles. The van der Waals surface area contributed by atoms with E-state index in [0.717, 1.165) is 35.6 Å². The largest absolute Gasteiger partial charge is 0.493 e. The maximum atomic E-state index is 5.97. The van der Waals surface area contributed by atoms with E-state index in [9.17, 15) is 0 Å². The molecule has 0 unspecified atom stereocenters. The highest BCUT2D eigenvalue weighted by Gasteiger charge is 2.11. The van der Waals surface area contributed by atoms with Gasteiger partial charge in [0.15, 0.2) is 11.5 Å². The van der Waals surface area contributed by atoms with Crippen LogP contribution in [0.5, 0.6) is 11.5 Å². The van der Waals surface area contributed by atoms with Crippen LogP contribution in [0.3, 0.4) is 0 Å². The number of para-hydroxylation sites is 1. The number of anilines is 1. The zero-order chi connectivity index (χ0) is 16.7. The van der Waals surface area contributed by atoms with Gasteiger partial charge in [-0.25, -0.2) is 0 Å². The molecule has 0 atom stereocenters. The van der Waals surface area contributed by atoms with Crippen LogP contribution >= 0.6 is 0 Å². The zero-order valence-corrected chi connectivity index (χ0v) is 14.6. The molecule has 23 heavy (non-hydrogen) atoms. The SMILES string of the molecule is CCCCOc1c(CNc2ccc(C)cc2C)cccc1OC. The van der Waals surface area contributed by atoms with Gasteiger partial charge in [-0.2, -0.15) is 0 Å². The summed E-state index contributed by atoms with van der Waals surface area (Å²) in [5.41, 5.74) is 4.79. The summed E-state index contributed by atoms with van der Waals surface area (Å²) < 4.78 is 11.4. The number of methoxy groups -OCH3 is 1. The number of hydrogen-bond acceptors (Lipinski definition) is 3. The van der Waals surface area contributed by atoms with Crippen molar-refractivity contribution in [1.82, 2.24) is 0 Å². The molecule has 1 N–H and O–H groups in total. The van der Waals surface area contributed by atoms with E-state index in [4.69, 9.17) is 9.47 Å². The van der Waals surface area contributed by atoms with Gasteiger partial charge in [0.1, 0.15) is 0 Å². The van der Waals surface area contributed by atoms with Crippen molar-refractivity contribution >= 4 is 5.69 Å². The Morgan fingerprint density at radius 1 is 1.09 bits per heavy atom. The Morgan fingerprint density at radius 3 is 2.61 bits per heavy atom. The summed E-state index contributed by atoms with van der Waals surface area (Å²) >= 11 is 0. The number of rotatable bonds is 8. The third-order valence-corrected chi connectivity index (χ3v) is 3.88. The average molecular weight is 313 g/mol. The molecule has 0 bridgehead atoms. The Kier molecular flexibility index (Phi) is 6.33. The molecule has 0 saturated heterocycles. The van der Waals surface area contributed by atoms with E-state index in [1.54, 1.807) is 7.11 Å². The topological polar surface area (TPSA) is 30.5 Å². The first-order valence-electron chi connectivity index (χ1n) is 8.25. The number of unbranched alkanes of at least 4 members (excludes halogenated alkanes) is 1. The second-order valence-electron chi connectivity index (χ2n) is 5.82. The van der Waals surface area contributed by atoms with Crippen LogP contribution < -0.4 is 14.8 Å². The molecule has 0 saturated carbocycles. The van der Waals surface area contributed by atoms with Crippen molar-refractivity contribution in [3.05, 3.63) is 53.1 Å². The van der Waals surface area contributed by atoms with Crippen molar-refractivity contribution in [2.45, 2.75) is 40.2 Å². The van der Waals surface area contributed by atoms with Crippen molar-refractivity contribution in [2.24, 2.45) is 0 Å². The zero-order valence-electron chi connectivity index (χ0n) is 14.6. The number of nitrogens with one attached hydrogen (secondary N) is 1. The highest BCUT2D eigenvalue weighted by atomic mass is 16.5. The first kappa shape index (κ1) is 17.2. The van der Waals surface area contributed by atoms with Crippen LogP contribution in [0.1, 0.15) is 36.5 Å². The third kappa shape index (κ3) is 4.65. The first-order chi connectivity index (χ1) is 11.2. The molecule has 0 aromatic heterocycles. The smallest absolute Gasteiger partial charge is 0.166 e. The van der Waals surface area contributed by atoms with Gasteiger partial charge in [-0.3, -0.25) is 0 Å². The van der Waals surface area contributed by atoms with E-state index >= 15 is 0 Å². The van der Waals surface area contributed by atoms with Gasteiger partial charge in [0, 0.05) is 17.8 Å². The minimum absolute atomic E-state index is 0.711. The average Bonchev–Trinajstić information content (AvgIpc) is 2.55. The fourth-order valence-corrected chi connectivity index (χ4v) is 2.55. The molecule has 2 aromatic carbocycles. The molecule has 2 aromatic rings. The van der Waals surface area contributed by atoms with Crippen LogP contribution in [0.2, 0.25) is 0 Å². The highest BCUT2D eigenvalue weighted by molar-refractivity contribution is 5.54. The maximum absolute atomic E-state index is 5.97. The van der Waals surface area contributed by atoms with Gasteiger partial charge in [-0.05, 0) is 38.0 Å². The Bertz CT molecular complexity index is 638. The van der Waals surface area contributed by atoms with Gasteiger partial charge in [0.2, 0.25) is 0 Å². The number of hydrogen-bond donors (Lipinski definition) is 1. The van der Waals surface area contributed by atoms with Gasteiger partial charge in [0.05, 0.1) is 13.7 Å². The van der Waals surface area contributed by atoms with Crippen molar-refractivity contribution in [3.63, 3.8) is 0 Å². The van der Waals surface area contributed by atoms with Gasteiger partial charge in [-0.15, -0.1) is 0 Å². The summed E-state index contributed by atoms with van der Waals surface area (Å²) in [7, 11) is 1.68. The molecule has 0 amide bonds. The fourth-order valence-electron chi connectivity index (χ4n) is 2.55. The fraction of sp³-hybridized carbons (Fsp3) is 0.400. The Balaban J connectivity index is 2.14. The highest BCUT2D eigenvalue weighted by Crippen LogP contribution is 2.32. The van der Waals surface area contributed by atoms with Crippen molar-refractivity contribution in [3.8, 4) is 11.5 Å². The first-order valence-corrected chi connectivity index (χ1v) is 8.25. The van der Waals surface area contributed by atoms with Crippen LogP contribution in [0.25, 0.3) is 0 Å². The van der Waals surface area contributed by atoms with Crippen molar-refractivity contribution in [2.75, 3.05) is 19.0 Å². The molecule has 3 nitrogen and oxygen atoms in total. The molecule has 124 valence electrons. The summed E-state index contributed by atoms with van der Waals surface area (Å²) in [4.78, 5) is 0. The number of ether oxygens (including phenoxy) is 2. The van der Waals surface area contributed by atoms with Gasteiger partial charge in [-0.1, -0.05) is 43.2 Å². The minimum Gasteiger partial charge on any atom is -0.493 e. The Morgan fingerprint density at radius 2 is 1.91 bits per heavy atom. The van der Waals surface area contributed by atoms with Gasteiger partial charge < -0.3 is 14.8 Å². The number of benzene rings is 2. The van der Waals surface area contributed by atoms with Crippen LogP contribution in [-0.4, -0.2) is 13.7 Å². The van der Waals surface area contributed by atoms with E-state index in [2.05, 4.69) is 50.4 Å². The Labute approximate surface area is 139 Å². The molecule has 3 heteroatoms. The Hall–Kier alpha value is -2.16. The lowest BCUT2D eigenvalue weighted by atomic mass is 10.1. The second kappa shape index (κ2) is 8.47. The summed E-state index contributed by atoms with van der Waals surface area (Å²) in [6.45, 7) is 7.82. The van der Waals surface area contributed by atoms with E-state index in [1.807, 2.05) is 12.1 Å². The molecule has 2 rings (SSSR count). The molecular weight excluding hydrogens is 286 g/mol. The van der Waals surface area contributed by atoms with E-state index in [0.29, 0.717) is 13.2 Å². The van der Waals surface area contributed by atoms with Crippen LogP contribution in [0.4, 0.5) is 5.69 Å². The van der Waals surface area contributed by atoms with Crippen LogP contribution in [0, 0.1) is 13.8 Å². The standard InChI is InChI=1S/C20H27NO2/c1-5-6-12-23-20-17(8-7-9-19(20)22-4)14-21-18-11-10-15(2)13-16(18)3/h7-11,13,21H,5-6,12,14H2,1-4H3. The van der Waals surface area contributed by atoms with Crippen LogP contribution in [0.15, 0.2) is 36.4 Å². The predicted octanol–water partition coefficient (Wildman–Crippen LogP) is 5.10. The molecule has 0 radical (unpaired) electrons. The molecule has 0 aliphatic carbocycles. The van der Waals surface area contributed by atoms with E-state index in [1.165, 1.54) is 11.1 Å². The lowest BCUT2D eigenvalue weighted by Crippen LogP contribution is -2.06. The lowest BCUT2D eigenvalue weighted by Gasteiger charge is -2.16. The number of aryl methyl sites for hydroxylation is 2. The minimum atomic E-state index is 0.711. The summed E-state index contributed by atoms with van der Waals surface area (Å²) in [5, 5.41) is 3.50. The quantitative estimate of drug-likeness (QED) is 0.687. The van der Waals surface area contributed by atoms with Gasteiger partial charge >= 0.3 is 0 Å². The third-order valence-electron chi connectivity index (χ3n) is 3.88. The van der Waals surface area contributed by atoms with Crippen molar-refractivity contribution < 1.29 is 9.47 Å². The normalized spacial score (nSPS) is 10.4. The predicted molar refractivity (Wildman–Crippen MR) is 96.6 cm³/mol. The van der Waals surface area contributed by atoms with Gasteiger partial charge in [0.25, 0.3) is 0 Å².